The van der Waals surface area contributed by atoms with Crippen LogP contribution in [0.1, 0.15) is 470 Å². The third-order valence-corrected chi connectivity index (χ3v) is 19.3. The number of amides is 1. The topological polar surface area (TPSA) is 95.9 Å². The van der Waals surface area contributed by atoms with Crippen molar-refractivity contribution >= 4 is 11.9 Å². The number of carbonyl (C=O) groups excluding carboxylic acids is 2. The predicted octanol–water partition coefficient (Wildman–Crippen LogP) is 26.7. The molecule has 518 valence electrons. The van der Waals surface area contributed by atoms with E-state index in [0.717, 1.165) is 38.5 Å². The Morgan fingerprint density at radius 3 is 0.782 bits per heavy atom. The Balaban J connectivity index is 3.33. The summed E-state index contributed by atoms with van der Waals surface area (Å²) in [6, 6.07) is -0.625. The van der Waals surface area contributed by atoms with E-state index in [2.05, 4.69) is 19.2 Å². The molecule has 0 aromatic heterocycles. The van der Waals surface area contributed by atoms with Crippen molar-refractivity contribution in [1.29, 1.82) is 0 Å². The van der Waals surface area contributed by atoms with Crippen LogP contribution >= 0.6 is 0 Å². The van der Waals surface area contributed by atoms with E-state index in [4.69, 9.17) is 4.74 Å². The number of hydrogen-bond acceptors (Lipinski definition) is 5. The predicted molar refractivity (Wildman–Crippen MR) is 384 cm³/mol. The van der Waals surface area contributed by atoms with E-state index in [1.54, 1.807) is 6.08 Å². The molecule has 0 aromatic rings. The van der Waals surface area contributed by atoms with Gasteiger partial charge in [0.05, 0.1) is 25.4 Å². The van der Waals surface area contributed by atoms with Crippen LogP contribution in [0.15, 0.2) is 12.2 Å². The fourth-order valence-electron chi connectivity index (χ4n) is 13.2. The third-order valence-electron chi connectivity index (χ3n) is 19.3. The average molecular weight is 1230 g/mol. The summed E-state index contributed by atoms with van der Waals surface area (Å²) >= 11 is 0. The Hall–Kier alpha value is -1.40. The van der Waals surface area contributed by atoms with Gasteiger partial charge in [-0.05, 0) is 32.1 Å². The Morgan fingerprint density at radius 1 is 0.310 bits per heavy atom. The van der Waals surface area contributed by atoms with Crippen LogP contribution in [-0.2, 0) is 14.3 Å². The lowest BCUT2D eigenvalue weighted by Gasteiger charge is -2.20. The first-order chi connectivity index (χ1) is 43.0. The van der Waals surface area contributed by atoms with Crippen molar-refractivity contribution < 1.29 is 24.5 Å². The molecule has 1 amide bonds. The number of unbranched alkanes of at least 4 members (excludes halogenated alkanes) is 66. The Kier molecular flexibility index (Phi) is 75.8. The SMILES string of the molecule is CCCCCCCCCCCCCCCCCCCCCC/C=C/C(O)C(CO)NC(=O)CCCCCCCCCCCCCCCCCCCCCCCCCCCCCCCCCCOC(=O)CCCCCCCCCCCCCCCCCC. The van der Waals surface area contributed by atoms with Crippen LogP contribution in [0.3, 0.4) is 0 Å². The summed E-state index contributed by atoms with van der Waals surface area (Å²) in [7, 11) is 0. The van der Waals surface area contributed by atoms with Gasteiger partial charge in [0.1, 0.15) is 0 Å². The molecule has 2 atom stereocenters. The molecule has 87 heavy (non-hydrogen) atoms. The monoisotopic (exact) mass is 1230 g/mol. The van der Waals surface area contributed by atoms with E-state index < -0.39 is 12.1 Å². The molecule has 0 fully saturated rings. The fourth-order valence-corrected chi connectivity index (χ4v) is 13.2. The van der Waals surface area contributed by atoms with E-state index in [0.29, 0.717) is 19.4 Å². The van der Waals surface area contributed by atoms with Gasteiger partial charge in [0.2, 0.25) is 5.91 Å². The number of esters is 1. The maximum Gasteiger partial charge on any atom is 0.305 e. The van der Waals surface area contributed by atoms with Gasteiger partial charge >= 0.3 is 5.97 Å². The van der Waals surface area contributed by atoms with Crippen LogP contribution in [0.2, 0.25) is 0 Å². The van der Waals surface area contributed by atoms with Gasteiger partial charge in [-0.25, -0.2) is 0 Å². The highest BCUT2D eigenvalue weighted by Gasteiger charge is 2.18. The number of hydrogen-bond donors (Lipinski definition) is 3. The molecule has 0 aliphatic carbocycles. The van der Waals surface area contributed by atoms with Gasteiger partial charge in [0.15, 0.2) is 0 Å². The van der Waals surface area contributed by atoms with Crippen molar-refractivity contribution in [2.75, 3.05) is 13.2 Å². The Labute approximate surface area is 546 Å². The molecule has 0 saturated heterocycles. The second-order valence-electron chi connectivity index (χ2n) is 28.1. The molecule has 0 rings (SSSR count). The molecule has 0 aliphatic rings. The van der Waals surface area contributed by atoms with Crippen molar-refractivity contribution in [3.8, 4) is 0 Å². The molecule has 0 saturated carbocycles. The lowest BCUT2D eigenvalue weighted by atomic mass is 10.0. The van der Waals surface area contributed by atoms with E-state index in [-0.39, 0.29) is 18.5 Å². The van der Waals surface area contributed by atoms with Crippen LogP contribution < -0.4 is 5.32 Å². The zero-order chi connectivity index (χ0) is 62.8. The molecule has 0 heterocycles. The summed E-state index contributed by atoms with van der Waals surface area (Å²) < 4.78 is 5.51. The number of aliphatic hydroxyl groups is 2. The first kappa shape index (κ1) is 85.6. The lowest BCUT2D eigenvalue weighted by Crippen LogP contribution is -2.45. The molecular formula is C81H159NO5. The molecule has 6 nitrogen and oxygen atoms in total. The standard InChI is InChI=1S/C81H159NO5/c1-3-5-7-9-11-13-15-17-19-21-22-23-36-39-42-45-49-53-57-61-65-69-73-79(84)78(77-83)82-80(85)74-70-66-62-58-54-50-46-43-40-37-34-32-30-28-26-24-25-27-29-31-33-35-38-41-44-48-52-56-60-64-68-72-76-87-81(86)75-71-67-63-59-55-51-47-20-18-16-14-12-10-8-6-4-2/h69,73,78-79,83-84H,3-68,70-72,74-77H2,1-2H3,(H,82,85)/b73-69+. The van der Waals surface area contributed by atoms with Crippen LogP contribution in [-0.4, -0.2) is 47.4 Å². The number of allylic oxidation sites excluding steroid dienone is 1. The summed E-state index contributed by atoms with van der Waals surface area (Å²) in [6.45, 7) is 4.97. The van der Waals surface area contributed by atoms with Crippen LogP contribution in [0.25, 0.3) is 0 Å². The summed E-state index contributed by atoms with van der Waals surface area (Å²) in [6.07, 6.45) is 97.7. The highest BCUT2D eigenvalue weighted by Crippen LogP contribution is 2.20. The summed E-state index contributed by atoms with van der Waals surface area (Å²) in [5.41, 5.74) is 0. The number of ether oxygens (including phenoxy) is 1. The minimum absolute atomic E-state index is 0.0257. The molecule has 0 spiro atoms. The third kappa shape index (κ3) is 73.5. The quantitative estimate of drug-likeness (QED) is 0.0320. The van der Waals surface area contributed by atoms with E-state index in [9.17, 15) is 19.8 Å². The van der Waals surface area contributed by atoms with Gasteiger partial charge in [-0.15, -0.1) is 0 Å². The van der Waals surface area contributed by atoms with Crippen molar-refractivity contribution in [3.05, 3.63) is 12.2 Å². The van der Waals surface area contributed by atoms with Gasteiger partial charge in [0.25, 0.3) is 0 Å². The second-order valence-corrected chi connectivity index (χ2v) is 28.1. The van der Waals surface area contributed by atoms with Crippen molar-refractivity contribution in [2.24, 2.45) is 0 Å². The molecule has 6 heteroatoms. The molecule has 3 N–H and O–H groups in total. The Bertz CT molecular complexity index is 1320. The smallest absolute Gasteiger partial charge is 0.305 e. The molecule has 0 radical (unpaired) electrons. The molecule has 0 aliphatic heterocycles. The van der Waals surface area contributed by atoms with Crippen molar-refractivity contribution in [1.82, 2.24) is 5.32 Å². The Morgan fingerprint density at radius 2 is 0.529 bits per heavy atom. The zero-order valence-electron chi connectivity index (χ0n) is 59.5. The van der Waals surface area contributed by atoms with Crippen LogP contribution in [0.5, 0.6) is 0 Å². The first-order valence-electron chi connectivity index (χ1n) is 40.5. The number of carbonyl (C=O) groups is 2. The minimum atomic E-state index is -0.842. The summed E-state index contributed by atoms with van der Waals surface area (Å²) in [5.74, 6) is -0.0322. The maximum atomic E-state index is 12.5. The second kappa shape index (κ2) is 77.1. The van der Waals surface area contributed by atoms with Gasteiger partial charge in [-0.2, -0.15) is 0 Å². The average Bonchev–Trinajstić information content (AvgIpc) is 3.56. The highest BCUT2D eigenvalue weighted by atomic mass is 16.5. The van der Waals surface area contributed by atoms with E-state index in [1.165, 1.54) is 405 Å². The van der Waals surface area contributed by atoms with Crippen LogP contribution in [0, 0.1) is 0 Å². The number of rotatable bonds is 77. The van der Waals surface area contributed by atoms with Crippen LogP contribution in [0.4, 0.5) is 0 Å². The van der Waals surface area contributed by atoms with Gasteiger partial charge in [0, 0.05) is 12.8 Å². The minimum Gasteiger partial charge on any atom is -0.466 e. The first-order valence-corrected chi connectivity index (χ1v) is 40.5. The lowest BCUT2D eigenvalue weighted by molar-refractivity contribution is -0.143. The van der Waals surface area contributed by atoms with Gasteiger partial charge in [-0.3, -0.25) is 9.59 Å². The molecular weight excluding hydrogens is 1070 g/mol. The molecule has 0 aromatic carbocycles. The molecule has 0 bridgehead atoms. The summed E-state index contributed by atoms with van der Waals surface area (Å²) in [4.78, 5) is 24.7. The van der Waals surface area contributed by atoms with Crippen molar-refractivity contribution in [2.45, 2.75) is 482 Å². The number of nitrogens with one attached hydrogen (secondary N) is 1. The number of aliphatic hydroxyl groups excluding tert-OH is 2. The van der Waals surface area contributed by atoms with Gasteiger partial charge < -0.3 is 20.3 Å². The molecule has 2 unspecified atom stereocenters. The fraction of sp³-hybridized carbons (Fsp3) is 0.951. The van der Waals surface area contributed by atoms with E-state index in [1.807, 2.05) is 6.08 Å². The largest absolute Gasteiger partial charge is 0.466 e. The summed E-state index contributed by atoms with van der Waals surface area (Å²) in [5, 5.41) is 23.3. The zero-order valence-corrected chi connectivity index (χ0v) is 59.5. The maximum absolute atomic E-state index is 12.5. The van der Waals surface area contributed by atoms with Gasteiger partial charge in [-0.1, -0.05) is 437 Å². The van der Waals surface area contributed by atoms with Crippen molar-refractivity contribution in [3.63, 3.8) is 0 Å². The highest BCUT2D eigenvalue weighted by molar-refractivity contribution is 5.76. The normalized spacial score (nSPS) is 12.5. The van der Waals surface area contributed by atoms with E-state index >= 15 is 0 Å².